The lowest BCUT2D eigenvalue weighted by Gasteiger charge is -2.17. The number of aliphatic hydroxyl groups excluding tert-OH is 1. The molecule has 0 aliphatic heterocycles. The molecule has 2 unspecified atom stereocenters. The van der Waals surface area contributed by atoms with Crippen molar-refractivity contribution >= 4 is 0 Å². The number of rotatable bonds is 9. The maximum Gasteiger partial charge on any atom is 0.0897 e. The molecule has 3 nitrogen and oxygen atoms in total. The van der Waals surface area contributed by atoms with Crippen molar-refractivity contribution in [3.05, 3.63) is 48.6 Å². The first-order valence-electron chi connectivity index (χ1n) is 6.40. The molecule has 0 aliphatic carbocycles. The van der Waals surface area contributed by atoms with E-state index in [2.05, 4.69) is 11.9 Å². The molecule has 0 amide bonds. The zero-order valence-electron chi connectivity index (χ0n) is 11.0. The van der Waals surface area contributed by atoms with Crippen molar-refractivity contribution in [1.82, 2.24) is 5.32 Å². The van der Waals surface area contributed by atoms with Crippen LogP contribution in [-0.4, -0.2) is 30.9 Å². The van der Waals surface area contributed by atoms with Gasteiger partial charge in [-0.05, 0) is 25.5 Å². The largest absolute Gasteiger partial charge is 0.389 e. The fraction of sp³-hybridized carbons (Fsp3) is 0.467. The molecule has 0 fully saturated rings. The van der Waals surface area contributed by atoms with Crippen LogP contribution in [0.25, 0.3) is 0 Å². The standard InChI is InChI=1S/C15H23NO2/c1-3-4-10-16-11-15(17)12-18-13(2)14-8-6-5-7-9-14/h3,5-9,13,15-17H,1,4,10-12H2,2H3. The van der Waals surface area contributed by atoms with Gasteiger partial charge < -0.3 is 15.2 Å². The molecule has 3 heteroatoms. The highest BCUT2D eigenvalue weighted by atomic mass is 16.5. The maximum absolute atomic E-state index is 9.73. The van der Waals surface area contributed by atoms with Crippen molar-refractivity contribution in [3.8, 4) is 0 Å². The first kappa shape index (κ1) is 14.9. The van der Waals surface area contributed by atoms with Gasteiger partial charge in [0, 0.05) is 6.54 Å². The van der Waals surface area contributed by atoms with Gasteiger partial charge in [-0.15, -0.1) is 6.58 Å². The van der Waals surface area contributed by atoms with Crippen LogP contribution in [0, 0.1) is 0 Å². The minimum atomic E-state index is -0.471. The quantitative estimate of drug-likeness (QED) is 0.521. The van der Waals surface area contributed by atoms with E-state index in [0.29, 0.717) is 13.2 Å². The van der Waals surface area contributed by atoms with E-state index in [0.717, 1.165) is 18.5 Å². The zero-order chi connectivity index (χ0) is 13.2. The minimum Gasteiger partial charge on any atom is -0.389 e. The van der Waals surface area contributed by atoms with E-state index in [9.17, 15) is 5.11 Å². The van der Waals surface area contributed by atoms with Crippen LogP contribution in [0.3, 0.4) is 0 Å². The predicted molar refractivity (Wildman–Crippen MR) is 74.5 cm³/mol. The Labute approximate surface area is 109 Å². The van der Waals surface area contributed by atoms with Crippen molar-refractivity contribution in [2.24, 2.45) is 0 Å². The van der Waals surface area contributed by atoms with Crippen molar-refractivity contribution in [2.75, 3.05) is 19.7 Å². The van der Waals surface area contributed by atoms with Gasteiger partial charge in [0.05, 0.1) is 18.8 Å². The van der Waals surface area contributed by atoms with E-state index in [-0.39, 0.29) is 6.10 Å². The summed E-state index contributed by atoms with van der Waals surface area (Å²) in [6, 6.07) is 10.0. The van der Waals surface area contributed by atoms with Gasteiger partial charge in [0.2, 0.25) is 0 Å². The van der Waals surface area contributed by atoms with Gasteiger partial charge in [-0.25, -0.2) is 0 Å². The van der Waals surface area contributed by atoms with Gasteiger partial charge in [-0.2, -0.15) is 0 Å². The van der Waals surface area contributed by atoms with Crippen LogP contribution < -0.4 is 5.32 Å². The van der Waals surface area contributed by atoms with E-state index in [1.54, 1.807) is 0 Å². The van der Waals surface area contributed by atoms with Crippen LogP contribution in [0.1, 0.15) is 25.0 Å². The Morgan fingerprint density at radius 3 is 2.78 bits per heavy atom. The van der Waals surface area contributed by atoms with Crippen molar-refractivity contribution < 1.29 is 9.84 Å². The maximum atomic E-state index is 9.73. The second-order valence-electron chi connectivity index (χ2n) is 4.32. The summed E-state index contributed by atoms with van der Waals surface area (Å²) in [6.07, 6.45) is 2.30. The summed E-state index contributed by atoms with van der Waals surface area (Å²) >= 11 is 0. The Kier molecular flexibility index (Phi) is 7.34. The van der Waals surface area contributed by atoms with Crippen LogP contribution >= 0.6 is 0 Å². The number of hydrogen-bond donors (Lipinski definition) is 2. The van der Waals surface area contributed by atoms with Gasteiger partial charge in [0.1, 0.15) is 0 Å². The average Bonchev–Trinajstić information content (AvgIpc) is 2.42. The second kappa shape index (κ2) is 8.86. The fourth-order valence-corrected chi connectivity index (χ4v) is 1.61. The van der Waals surface area contributed by atoms with Crippen LogP contribution in [0.5, 0.6) is 0 Å². The molecule has 1 aromatic carbocycles. The molecule has 0 spiro atoms. The molecular formula is C15H23NO2. The molecule has 0 aromatic heterocycles. The Bertz CT molecular complexity index is 327. The molecule has 0 radical (unpaired) electrons. The summed E-state index contributed by atoms with van der Waals surface area (Å²) < 4.78 is 5.64. The third-order valence-electron chi connectivity index (χ3n) is 2.71. The molecule has 0 aliphatic rings. The molecule has 2 N–H and O–H groups in total. The van der Waals surface area contributed by atoms with Crippen molar-refractivity contribution in [1.29, 1.82) is 0 Å². The van der Waals surface area contributed by atoms with Crippen LogP contribution in [0.15, 0.2) is 43.0 Å². The molecular weight excluding hydrogens is 226 g/mol. The fourth-order valence-electron chi connectivity index (χ4n) is 1.61. The number of benzene rings is 1. The number of hydrogen-bond acceptors (Lipinski definition) is 3. The highest BCUT2D eigenvalue weighted by molar-refractivity contribution is 5.16. The van der Waals surface area contributed by atoms with Gasteiger partial charge in [0.25, 0.3) is 0 Å². The Morgan fingerprint density at radius 2 is 2.11 bits per heavy atom. The van der Waals surface area contributed by atoms with Gasteiger partial charge in [-0.3, -0.25) is 0 Å². The smallest absolute Gasteiger partial charge is 0.0897 e. The first-order chi connectivity index (χ1) is 8.74. The number of ether oxygens (including phenoxy) is 1. The molecule has 100 valence electrons. The summed E-state index contributed by atoms with van der Waals surface area (Å²) in [4.78, 5) is 0. The topological polar surface area (TPSA) is 41.5 Å². The van der Waals surface area contributed by atoms with Crippen LogP contribution in [0.4, 0.5) is 0 Å². The lowest BCUT2D eigenvalue weighted by molar-refractivity contribution is -0.00190. The van der Waals surface area contributed by atoms with E-state index >= 15 is 0 Å². The van der Waals surface area contributed by atoms with Gasteiger partial charge in [-0.1, -0.05) is 36.4 Å². The molecule has 0 saturated carbocycles. The molecule has 0 heterocycles. The Morgan fingerprint density at radius 1 is 1.39 bits per heavy atom. The highest BCUT2D eigenvalue weighted by Gasteiger charge is 2.09. The molecule has 2 atom stereocenters. The molecule has 0 bridgehead atoms. The summed E-state index contributed by atoms with van der Waals surface area (Å²) in [6.45, 7) is 7.37. The van der Waals surface area contributed by atoms with E-state index in [1.165, 1.54) is 0 Å². The van der Waals surface area contributed by atoms with Gasteiger partial charge >= 0.3 is 0 Å². The summed E-state index contributed by atoms with van der Waals surface area (Å²) in [7, 11) is 0. The van der Waals surface area contributed by atoms with E-state index < -0.39 is 6.10 Å². The van der Waals surface area contributed by atoms with E-state index in [1.807, 2.05) is 43.3 Å². The first-order valence-corrected chi connectivity index (χ1v) is 6.40. The van der Waals surface area contributed by atoms with E-state index in [4.69, 9.17) is 4.74 Å². The van der Waals surface area contributed by atoms with Crippen molar-refractivity contribution in [2.45, 2.75) is 25.6 Å². The number of aliphatic hydroxyl groups is 1. The lowest BCUT2D eigenvalue weighted by Crippen LogP contribution is -2.31. The molecule has 0 saturated heterocycles. The SMILES string of the molecule is C=CCCNCC(O)COC(C)c1ccccc1. The predicted octanol–water partition coefficient (Wildman–Crippen LogP) is 2.29. The summed E-state index contributed by atoms with van der Waals surface area (Å²) in [5.41, 5.74) is 1.13. The number of nitrogens with one attached hydrogen (secondary N) is 1. The third-order valence-corrected chi connectivity index (χ3v) is 2.71. The van der Waals surface area contributed by atoms with Gasteiger partial charge in [0.15, 0.2) is 0 Å². The molecule has 18 heavy (non-hydrogen) atoms. The Hall–Kier alpha value is -1.16. The third kappa shape index (κ3) is 5.96. The molecule has 1 rings (SSSR count). The highest BCUT2D eigenvalue weighted by Crippen LogP contribution is 2.15. The monoisotopic (exact) mass is 249 g/mol. The van der Waals surface area contributed by atoms with Crippen molar-refractivity contribution in [3.63, 3.8) is 0 Å². The minimum absolute atomic E-state index is 0.00836. The van der Waals surface area contributed by atoms with Crippen LogP contribution in [-0.2, 0) is 4.74 Å². The Balaban J connectivity index is 2.17. The average molecular weight is 249 g/mol. The summed E-state index contributed by atoms with van der Waals surface area (Å²) in [5, 5.41) is 12.9. The normalized spacial score (nSPS) is 14.1. The second-order valence-corrected chi connectivity index (χ2v) is 4.32. The zero-order valence-corrected chi connectivity index (χ0v) is 11.0. The summed E-state index contributed by atoms with van der Waals surface area (Å²) in [5.74, 6) is 0. The lowest BCUT2D eigenvalue weighted by atomic mass is 10.1. The van der Waals surface area contributed by atoms with Crippen LogP contribution in [0.2, 0.25) is 0 Å². The molecule has 1 aromatic rings.